The predicted octanol–water partition coefficient (Wildman–Crippen LogP) is 4.14. The number of ether oxygens (including phenoxy) is 1. The third-order valence-corrected chi connectivity index (χ3v) is 5.41. The minimum atomic E-state index is -0.114. The Morgan fingerprint density at radius 1 is 1.14 bits per heavy atom. The highest BCUT2D eigenvalue weighted by Crippen LogP contribution is 2.27. The van der Waals surface area contributed by atoms with E-state index in [1.54, 1.807) is 31.4 Å². The van der Waals surface area contributed by atoms with Crippen molar-refractivity contribution in [1.82, 2.24) is 19.6 Å². The molecule has 4 aromatic rings. The van der Waals surface area contributed by atoms with E-state index in [1.807, 2.05) is 28.7 Å². The van der Waals surface area contributed by atoms with E-state index < -0.39 is 0 Å². The molecule has 0 bridgehead atoms. The first-order valence-corrected chi connectivity index (χ1v) is 10.3. The average Bonchev–Trinajstić information content (AvgIpc) is 3.18. The second-order valence-electron chi connectivity index (χ2n) is 6.84. The first-order chi connectivity index (χ1) is 14.1. The lowest BCUT2D eigenvalue weighted by Crippen LogP contribution is -2.14. The zero-order valence-electron chi connectivity index (χ0n) is 16.4. The van der Waals surface area contributed by atoms with Crippen LogP contribution in [0, 0.1) is 0 Å². The molecule has 4 rings (SSSR count). The lowest BCUT2D eigenvalue weighted by atomic mass is 10.2. The Morgan fingerprint density at radius 2 is 1.90 bits per heavy atom. The molecule has 0 atom stereocenters. The molecule has 0 unspecified atom stereocenters. The molecule has 148 valence electrons. The van der Waals surface area contributed by atoms with Crippen molar-refractivity contribution < 1.29 is 9.53 Å². The van der Waals surface area contributed by atoms with Crippen LogP contribution in [0.1, 0.15) is 25.6 Å². The van der Waals surface area contributed by atoms with Crippen molar-refractivity contribution in [3.05, 3.63) is 54.4 Å². The number of methoxy groups -OCH3 is 1. The van der Waals surface area contributed by atoms with Crippen LogP contribution in [0.3, 0.4) is 0 Å². The van der Waals surface area contributed by atoms with Crippen LogP contribution in [0.2, 0.25) is 0 Å². The van der Waals surface area contributed by atoms with E-state index in [9.17, 15) is 4.79 Å². The molecule has 0 aliphatic carbocycles. The molecule has 0 saturated heterocycles. The third kappa shape index (κ3) is 3.88. The molecule has 7 nitrogen and oxygen atoms in total. The molecule has 8 heteroatoms. The Kier molecular flexibility index (Phi) is 5.35. The fourth-order valence-corrected chi connectivity index (χ4v) is 3.82. The van der Waals surface area contributed by atoms with Crippen LogP contribution >= 0.6 is 11.8 Å². The highest BCUT2D eigenvalue weighted by Gasteiger charge is 2.18. The average molecular weight is 407 g/mol. The maximum atomic E-state index is 12.4. The number of aromatic nitrogens is 4. The number of benzene rings is 2. The molecule has 0 spiro atoms. The highest BCUT2D eigenvalue weighted by molar-refractivity contribution is 8.00. The molecule has 0 aliphatic rings. The fourth-order valence-electron chi connectivity index (χ4n) is 3.06. The summed E-state index contributed by atoms with van der Waals surface area (Å²) in [6, 6.07) is 15.1. The minimum absolute atomic E-state index is 0.114. The highest BCUT2D eigenvalue weighted by atomic mass is 32.2. The summed E-state index contributed by atoms with van der Waals surface area (Å²) in [6.07, 6.45) is 0. The lowest BCUT2D eigenvalue weighted by molar-refractivity contribution is -0.113. The smallest absolute Gasteiger partial charge is 0.234 e. The summed E-state index contributed by atoms with van der Waals surface area (Å²) in [7, 11) is 1.61. The van der Waals surface area contributed by atoms with Gasteiger partial charge in [0, 0.05) is 11.6 Å². The standard InChI is InChI=1S/C21H21N5O2S/c1-13(2)19-24-25-20-21(23-16-6-4-5-7-17(16)26(19)20)29-12-18(27)22-14-8-10-15(28-3)11-9-14/h4-11,13H,12H2,1-3H3,(H,22,27). The number of nitrogens with one attached hydrogen (secondary N) is 1. The summed E-state index contributed by atoms with van der Waals surface area (Å²) in [6.45, 7) is 4.17. The number of amides is 1. The zero-order chi connectivity index (χ0) is 20.4. The summed E-state index contributed by atoms with van der Waals surface area (Å²) in [5, 5.41) is 12.3. The van der Waals surface area contributed by atoms with Gasteiger partial charge in [0.15, 0.2) is 5.65 Å². The first-order valence-electron chi connectivity index (χ1n) is 9.27. The van der Waals surface area contributed by atoms with Crippen molar-refractivity contribution in [2.24, 2.45) is 0 Å². The largest absolute Gasteiger partial charge is 0.497 e. The van der Waals surface area contributed by atoms with Gasteiger partial charge in [0.25, 0.3) is 0 Å². The van der Waals surface area contributed by atoms with Crippen molar-refractivity contribution in [3.63, 3.8) is 0 Å². The third-order valence-electron chi connectivity index (χ3n) is 4.45. The molecular formula is C21H21N5O2S. The number of carbonyl (C=O) groups excluding carboxylic acids is 1. The van der Waals surface area contributed by atoms with E-state index in [0.717, 1.165) is 28.3 Å². The van der Waals surface area contributed by atoms with Crippen LogP contribution in [-0.4, -0.2) is 38.4 Å². The Balaban J connectivity index is 1.59. The van der Waals surface area contributed by atoms with Crippen molar-refractivity contribution in [2.45, 2.75) is 24.8 Å². The van der Waals surface area contributed by atoms with Crippen LogP contribution in [0.25, 0.3) is 16.7 Å². The van der Waals surface area contributed by atoms with E-state index in [-0.39, 0.29) is 17.6 Å². The number of thioether (sulfide) groups is 1. The molecule has 2 heterocycles. The van der Waals surface area contributed by atoms with Gasteiger partial charge < -0.3 is 10.1 Å². The van der Waals surface area contributed by atoms with Gasteiger partial charge in [-0.2, -0.15) is 0 Å². The van der Waals surface area contributed by atoms with Gasteiger partial charge in [0.05, 0.1) is 23.9 Å². The molecule has 1 N–H and O–H groups in total. The first kappa shape index (κ1) is 19.2. The van der Waals surface area contributed by atoms with E-state index in [4.69, 9.17) is 9.72 Å². The number of fused-ring (bicyclic) bond motifs is 3. The SMILES string of the molecule is COc1ccc(NC(=O)CSc2nc3ccccc3n3c(C(C)C)nnc23)cc1. The van der Waals surface area contributed by atoms with E-state index in [2.05, 4.69) is 29.4 Å². The van der Waals surface area contributed by atoms with Crippen molar-refractivity contribution in [3.8, 4) is 5.75 Å². The Hall–Kier alpha value is -3.13. The van der Waals surface area contributed by atoms with Gasteiger partial charge >= 0.3 is 0 Å². The van der Waals surface area contributed by atoms with Crippen LogP contribution in [-0.2, 0) is 4.79 Å². The maximum Gasteiger partial charge on any atom is 0.234 e. The Bertz CT molecular complexity index is 1170. The van der Waals surface area contributed by atoms with Gasteiger partial charge in [-0.1, -0.05) is 37.7 Å². The summed E-state index contributed by atoms with van der Waals surface area (Å²) in [4.78, 5) is 17.1. The van der Waals surface area contributed by atoms with Gasteiger partial charge in [0.1, 0.15) is 16.6 Å². The number of anilines is 1. The lowest BCUT2D eigenvalue weighted by Gasteiger charge is -2.10. The zero-order valence-corrected chi connectivity index (χ0v) is 17.2. The summed E-state index contributed by atoms with van der Waals surface area (Å²) < 4.78 is 7.17. The summed E-state index contributed by atoms with van der Waals surface area (Å²) in [5.74, 6) is 1.94. The topological polar surface area (TPSA) is 81.4 Å². The fraction of sp³-hybridized carbons (Fsp3) is 0.238. The summed E-state index contributed by atoms with van der Waals surface area (Å²) in [5.41, 5.74) is 3.20. The Morgan fingerprint density at radius 3 is 2.62 bits per heavy atom. The number of rotatable bonds is 6. The van der Waals surface area contributed by atoms with Crippen LogP contribution in [0.5, 0.6) is 5.75 Å². The number of nitrogens with zero attached hydrogens (tertiary/aromatic N) is 4. The Labute approximate surface area is 172 Å². The quantitative estimate of drug-likeness (QED) is 0.484. The maximum absolute atomic E-state index is 12.4. The summed E-state index contributed by atoms with van der Waals surface area (Å²) >= 11 is 1.35. The number of carbonyl (C=O) groups is 1. The van der Waals surface area contributed by atoms with Crippen LogP contribution in [0.15, 0.2) is 53.6 Å². The molecule has 0 saturated carbocycles. The van der Waals surface area contributed by atoms with Gasteiger partial charge in [-0.3, -0.25) is 9.20 Å². The molecule has 29 heavy (non-hydrogen) atoms. The minimum Gasteiger partial charge on any atom is -0.497 e. The predicted molar refractivity (Wildman–Crippen MR) is 115 cm³/mol. The molecule has 0 aliphatic heterocycles. The van der Waals surface area contributed by atoms with Crippen molar-refractivity contribution in [1.29, 1.82) is 0 Å². The van der Waals surface area contributed by atoms with Gasteiger partial charge in [-0.25, -0.2) is 4.98 Å². The van der Waals surface area contributed by atoms with E-state index in [1.165, 1.54) is 11.8 Å². The van der Waals surface area contributed by atoms with Crippen LogP contribution < -0.4 is 10.1 Å². The second kappa shape index (κ2) is 8.08. The van der Waals surface area contributed by atoms with Gasteiger partial charge in [-0.15, -0.1) is 10.2 Å². The van der Waals surface area contributed by atoms with Crippen LogP contribution in [0.4, 0.5) is 5.69 Å². The molecule has 0 radical (unpaired) electrons. The molecular weight excluding hydrogens is 386 g/mol. The van der Waals surface area contributed by atoms with Crippen molar-refractivity contribution in [2.75, 3.05) is 18.2 Å². The molecule has 2 aromatic heterocycles. The van der Waals surface area contributed by atoms with Gasteiger partial charge in [-0.05, 0) is 36.4 Å². The van der Waals surface area contributed by atoms with Gasteiger partial charge in [0.2, 0.25) is 5.91 Å². The number of para-hydroxylation sites is 2. The molecule has 0 fully saturated rings. The van der Waals surface area contributed by atoms with Crippen molar-refractivity contribution >= 4 is 40.0 Å². The number of hydrogen-bond acceptors (Lipinski definition) is 6. The van der Waals surface area contributed by atoms with E-state index in [0.29, 0.717) is 10.7 Å². The normalized spacial score (nSPS) is 11.3. The number of hydrogen-bond donors (Lipinski definition) is 1. The van der Waals surface area contributed by atoms with E-state index >= 15 is 0 Å². The molecule has 2 aromatic carbocycles. The molecule has 1 amide bonds. The monoisotopic (exact) mass is 407 g/mol. The second-order valence-corrected chi connectivity index (χ2v) is 7.81.